The summed E-state index contributed by atoms with van der Waals surface area (Å²) in [4.78, 5) is 15.3. The van der Waals surface area contributed by atoms with Gasteiger partial charge >= 0.3 is 5.97 Å². The number of pyridine rings is 1. The Hall–Kier alpha value is -1.62. The van der Waals surface area contributed by atoms with Gasteiger partial charge in [-0.1, -0.05) is 11.6 Å². The van der Waals surface area contributed by atoms with E-state index in [1.807, 2.05) is 0 Å². The summed E-state index contributed by atoms with van der Waals surface area (Å²) in [6, 6.07) is 1.59. The fourth-order valence-electron chi connectivity index (χ4n) is 1.38. The van der Waals surface area contributed by atoms with E-state index >= 15 is 0 Å². The molecule has 0 aliphatic rings. The summed E-state index contributed by atoms with van der Waals surface area (Å²) < 4.78 is 6.18. The Kier molecular flexibility index (Phi) is 2.32. The van der Waals surface area contributed by atoms with Crippen molar-refractivity contribution >= 4 is 28.5 Å². The fraction of sp³-hybridized carbons (Fsp3) is 0.222. The molecule has 0 spiro atoms. The molecule has 15 heavy (non-hydrogen) atoms. The molecule has 0 saturated heterocycles. The summed E-state index contributed by atoms with van der Waals surface area (Å²) in [5.74, 6) is -0.483. The molecule has 0 N–H and O–H groups in total. The highest BCUT2D eigenvalue weighted by molar-refractivity contribution is 6.30. The summed E-state index contributed by atoms with van der Waals surface area (Å²) in [7, 11) is 3.04. The molecule has 2 aromatic heterocycles. The van der Waals surface area contributed by atoms with Gasteiger partial charge in [0.25, 0.3) is 0 Å². The van der Waals surface area contributed by atoms with Crippen LogP contribution in [-0.2, 0) is 11.8 Å². The number of fused-ring (bicyclic) bond motifs is 1. The molecule has 5 nitrogen and oxygen atoms in total. The molecule has 0 aliphatic carbocycles. The van der Waals surface area contributed by atoms with Crippen LogP contribution in [0, 0.1) is 0 Å². The normalized spacial score (nSPS) is 10.6. The lowest BCUT2D eigenvalue weighted by Gasteiger charge is -1.94. The molecule has 6 heteroatoms. The second-order valence-corrected chi connectivity index (χ2v) is 3.38. The lowest BCUT2D eigenvalue weighted by atomic mass is 10.2. The topological polar surface area (TPSA) is 57.0 Å². The van der Waals surface area contributed by atoms with Gasteiger partial charge in [0.05, 0.1) is 18.8 Å². The quantitative estimate of drug-likeness (QED) is 0.544. The SMILES string of the molecule is COC(=O)c1nn(C)c2cnc(Cl)cc12. The number of methoxy groups -OCH3 is 1. The Labute approximate surface area is 90.6 Å². The van der Waals surface area contributed by atoms with E-state index in [9.17, 15) is 4.79 Å². The molecule has 0 aromatic carbocycles. The second kappa shape index (κ2) is 3.51. The minimum absolute atomic E-state index is 0.249. The highest BCUT2D eigenvalue weighted by atomic mass is 35.5. The maximum atomic E-state index is 11.4. The Morgan fingerprint density at radius 1 is 1.60 bits per heavy atom. The minimum atomic E-state index is -0.483. The molecule has 0 saturated carbocycles. The standard InChI is InChI=1S/C9H8ClN3O2/c1-13-6-4-11-7(10)3-5(6)8(12-13)9(14)15-2/h3-4H,1-2H3. The number of aromatic nitrogens is 3. The Balaban J connectivity index is 2.75. The van der Waals surface area contributed by atoms with Crippen LogP contribution in [0.1, 0.15) is 10.5 Å². The molecule has 78 valence electrons. The molecule has 2 rings (SSSR count). The van der Waals surface area contributed by atoms with Gasteiger partial charge in [0.1, 0.15) is 5.15 Å². The molecule has 0 radical (unpaired) electrons. The molecule has 0 fully saturated rings. The van der Waals surface area contributed by atoms with Crippen molar-refractivity contribution < 1.29 is 9.53 Å². The molecule has 2 heterocycles. The van der Waals surface area contributed by atoms with E-state index in [-0.39, 0.29) is 5.69 Å². The van der Waals surface area contributed by atoms with Crippen molar-refractivity contribution in [3.05, 3.63) is 23.1 Å². The van der Waals surface area contributed by atoms with Crippen molar-refractivity contribution in [2.75, 3.05) is 7.11 Å². The maximum absolute atomic E-state index is 11.4. The highest BCUT2D eigenvalue weighted by Gasteiger charge is 2.16. The predicted octanol–water partition coefficient (Wildman–Crippen LogP) is 1.41. The minimum Gasteiger partial charge on any atom is -0.464 e. The van der Waals surface area contributed by atoms with E-state index in [0.717, 1.165) is 5.52 Å². The van der Waals surface area contributed by atoms with Crippen LogP contribution >= 0.6 is 11.6 Å². The molecular weight excluding hydrogens is 218 g/mol. The van der Waals surface area contributed by atoms with Gasteiger partial charge in [-0.05, 0) is 6.07 Å². The number of halogens is 1. The van der Waals surface area contributed by atoms with Crippen molar-refractivity contribution in [2.24, 2.45) is 7.05 Å². The summed E-state index contributed by atoms with van der Waals surface area (Å²) >= 11 is 5.75. The number of aryl methyl sites for hydroxylation is 1. The number of carbonyl (C=O) groups excluding carboxylic acids is 1. The van der Waals surface area contributed by atoms with Gasteiger partial charge < -0.3 is 4.74 Å². The van der Waals surface area contributed by atoms with Gasteiger partial charge in [-0.3, -0.25) is 4.68 Å². The van der Waals surface area contributed by atoms with Crippen LogP contribution in [0.3, 0.4) is 0 Å². The number of rotatable bonds is 1. The number of esters is 1. The first kappa shape index (κ1) is 9.92. The monoisotopic (exact) mass is 225 g/mol. The Morgan fingerprint density at radius 3 is 3.00 bits per heavy atom. The van der Waals surface area contributed by atoms with Crippen LogP contribution < -0.4 is 0 Å². The van der Waals surface area contributed by atoms with Crippen LogP contribution in [0.5, 0.6) is 0 Å². The van der Waals surface area contributed by atoms with Gasteiger partial charge in [0, 0.05) is 12.4 Å². The number of hydrogen-bond acceptors (Lipinski definition) is 4. The van der Waals surface area contributed by atoms with Crippen LogP contribution in [0.25, 0.3) is 10.9 Å². The smallest absolute Gasteiger partial charge is 0.359 e. The van der Waals surface area contributed by atoms with Crippen molar-refractivity contribution in [2.45, 2.75) is 0 Å². The molecule has 0 bridgehead atoms. The molecule has 0 aliphatic heterocycles. The third-order valence-electron chi connectivity index (χ3n) is 2.08. The van der Waals surface area contributed by atoms with E-state index < -0.39 is 5.97 Å². The van der Waals surface area contributed by atoms with Crippen molar-refractivity contribution in [1.82, 2.24) is 14.8 Å². The zero-order chi connectivity index (χ0) is 11.0. The fourth-order valence-corrected chi connectivity index (χ4v) is 1.53. The van der Waals surface area contributed by atoms with Gasteiger partial charge in [-0.2, -0.15) is 5.10 Å². The van der Waals surface area contributed by atoms with Crippen LogP contribution in [0.15, 0.2) is 12.3 Å². The lowest BCUT2D eigenvalue weighted by molar-refractivity contribution is 0.0595. The summed E-state index contributed by atoms with van der Waals surface area (Å²) in [6.45, 7) is 0. The summed E-state index contributed by atoms with van der Waals surface area (Å²) in [5.41, 5.74) is 0.985. The van der Waals surface area contributed by atoms with Gasteiger partial charge in [0.2, 0.25) is 0 Å². The molecular formula is C9H8ClN3O2. The third-order valence-corrected chi connectivity index (χ3v) is 2.29. The molecule has 0 atom stereocenters. The average Bonchev–Trinajstić information content (AvgIpc) is 2.54. The number of nitrogens with zero attached hydrogens (tertiary/aromatic N) is 3. The first-order valence-electron chi connectivity index (χ1n) is 4.20. The average molecular weight is 226 g/mol. The first-order valence-corrected chi connectivity index (χ1v) is 4.58. The third kappa shape index (κ3) is 1.55. The number of hydrogen-bond donors (Lipinski definition) is 0. The van der Waals surface area contributed by atoms with Crippen molar-refractivity contribution in [3.8, 4) is 0 Å². The van der Waals surface area contributed by atoms with E-state index in [1.54, 1.807) is 24.0 Å². The van der Waals surface area contributed by atoms with E-state index in [2.05, 4.69) is 14.8 Å². The lowest BCUT2D eigenvalue weighted by Crippen LogP contribution is -2.03. The van der Waals surface area contributed by atoms with Gasteiger partial charge in [-0.25, -0.2) is 9.78 Å². The molecule has 0 unspecified atom stereocenters. The van der Waals surface area contributed by atoms with E-state index in [1.165, 1.54) is 7.11 Å². The zero-order valence-electron chi connectivity index (χ0n) is 8.19. The van der Waals surface area contributed by atoms with E-state index in [4.69, 9.17) is 11.6 Å². The predicted molar refractivity (Wildman–Crippen MR) is 54.9 cm³/mol. The summed E-state index contributed by atoms with van der Waals surface area (Å²) in [6.07, 6.45) is 1.57. The highest BCUT2D eigenvalue weighted by Crippen LogP contribution is 2.20. The van der Waals surface area contributed by atoms with Gasteiger partial charge in [0.15, 0.2) is 5.69 Å². The molecule has 2 aromatic rings. The van der Waals surface area contributed by atoms with Crippen LogP contribution in [-0.4, -0.2) is 27.8 Å². The maximum Gasteiger partial charge on any atom is 0.359 e. The van der Waals surface area contributed by atoms with Crippen LogP contribution in [0.2, 0.25) is 5.15 Å². The number of ether oxygens (including phenoxy) is 1. The van der Waals surface area contributed by atoms with Gasteiger partial charge in [-0.15, -0.1) is 0 Å². The number of carbonyl (C=O) groups is 1. The van der Waals surface area contributed by atoms with Crippen LogP contribution in [0.4, 0.5) is 0 Å². The van der Waals surface area contributed by atoms with Crippen molar-refractivity contribution in [3.63, 3.8) is 0 Å². The van der Waals surface area contributed by atoms with E-state index in [0.29, 0.717) is 10.5 Å². The zero-order valence-corrected chi connectivity index (χ0v) is 8.95. The molecule has 0 amide bonds. The Morgan fingerprint density at radius 2 is 2.33 bits per heavy atom. The largest absolute Gasteiger partial charge is 0.464 e. The first-order chi connectivity index (χ1) is 7.13. The Bertz CT molecular complexity index is 535. The summed E-state index contributed by atoms with van der Waals surface area (Å²) in [5, 5.41) is 5.01. The van der Waals surface area contributed by atoms with Crippen molar-refractivity contribution in [1.29, 1.82) is 0 Å². The second-order valence-electron chi connectivity index (χ2n) is 2.99.